The monoisotopic (exact) mass is 268 g/mol. The molecule has 0 radical (unpaired) electrons. The van der Waals surface area contributed by atoms with Crippen LogP contribution in [-0.4, -0.2) is 4.57 Å². The van der Waals surface area contributed by atoms with Crippen molar-refractivity contribution < 1.29 is 0 Å². The molecule has 0 unspecified atom stereocenters. The van der Waals surface area contributed by atoms with E-state index in [2.05, 4.69) is 57.5 Å². The van der Waals surface area contributed by atoms with Gasteiger partial charge in [-0.15, -0.1) is 0 Å². The predicted molar refractivity (Wildman–Crippen MR) is 84.9 cm³/mol. The molecule has 0 N–H and O–H groups in total. The van der Waals surface area contributed by atoms with Crippen molar-refractivity contribution in [2.75, 3.05) is 0 Å². The van der Waals surface area contributed by atoms with Crippen molar-refractivity contribution in [3.05, 3.63) is 35.0 Å². The Bertz CT molecular complexity index is 676. The Morgan fingerprint density at radius 1 is 1.25 bits per heavy atom. The molecule has 1 aromatic carbocycles. The van der Waals surface area contributed by atoms with Crippen LogP contribution in [0.2, 0.25) is 0 Å². The number of fused-ring (bicyclic) bond motifs is 1. The minimum Gasteiger partial charge on any atom is -0.349 e. The maximum atomic E-state index is 9.48. The first-order valence-electron chi connectivity index (χ1n) is 7.26. The third-order valence-corrected chi connectivity index (χ3v) is 3.77. The van der Waals surface area contributed by atoms with Gasteiger partial charge in [-0.2, -0.15) is 5.26 Å². The highest BCUT2D eigenvalue weighted by Gasteiger charge is 2.19. The highest BCUT2D eigenvalue weighted by atomic mass is 14.9. The van der Waals surface area contributed by atoms with Crippen molar-refractivity contribution in [1.82, 2.24) is 4.57 Å². The van der Waals surface area contributed by atoms with E-state index in [-0.39, 0.29) is 5.41 Å². The molecule has 2 heteroatoms. The van der Waals surface area contributed by atoms with E-state index in [1.54, 1.807) is 0 Å². The number of nitriles is 1. The second-order valence-electron chi connectivity index (χ2n) is 7.14. The molecule has 0 saturated carbocycles. The Morgan fingerprint density at radius 3 is 2.40 bits per heavy atom. The van der Waals surface area contributed by atoms with Gasteiger partial charge in [0.2, 0.25) is 0 Å². The lowest BCUT2D eigenvalue weighted by Crippen LogP contribution is -2.11. The van der Waals surface area contributed by atoms with Gasteiger partial charge in [0.05, 0.1) is 11.1 Å². The van der Waals surface area contributed by atoms with E-state index in [1.807, 2.05) is 13.1 Å². The maximum Gasteiger partial charge on any atom is 0.101 e. The normalized spacial score (nSPS) is 12.1. The fourth-order valence-electron chi connectivity index (χ4n) is 2.75. The number of nitrogens with zero attached hydrogens (tertiary/aromatic N) is 2. The van der Waals surface area contributed by atoms with Crippen molar-refractivity contribution in [2.45, 2.75) is 46.5 Å². The summed E-state index contributed by atoms with van der Waals surface area (Å²) in [4.78, 5) is 0. The van der Waals surface area contributed by atoms with Crippen molar-refractivity contribution >= 4 is 10.9 Å². The molecule has 0 bridgehead atoms. The van der Waals surface area contributed by atoms with Crippen LogP contribution >= 0.6 is 0 Å². The minimum absolute atomic E-state index is 0.0603. The van der Waals surface area contributed by atoms with Gasteiger partial charge in [-0.3, -0.25) is 0 Å². The number of benzene rings is 1. The fourth-order valence-corrected chi connectivity index (χ4v) is 2.75. The zero-order valence-corrected chi connectivity index (χ0v) is 13.4. The average Bonchev–Trinajstić information content (AvgIpc) is 2.63. The van der Waals surface area contributed by atoms with Crippen LogP contribution in [0.25, 0.3) is 10.9 Å². The number of hydrogen-bond acceptors (Lipinski definition) is 1. The molecule has 1 heterocycles. The summed E-state index contributed by atoms with van der Waals surface area (Å²) in [5.41, 5.74) is 4.49. The minimum atomic E-state index is 0.0603. The Kier molecular flexibility index (Phi) is 3.65. The van der Waals surface area contributed by atoms with E-state index in [0.717, 1.165) is 17.5 Å². The van der Waals surface area contributed by atoms with Crippen molar-refractivity contribution in [1.29, 1.82) is 5.26 Å². The summed E-state index contributed by atoms with van der Waals surface area (Å²) in [5.74, 6) is 0.615. The molecular formula is C18H24N2. The summed E-state index contributed by atoms with van der Waals surface area (Å²) >= 11 is 0. The molecule has 0 atom stereocenters. The molecule has 0 aliphatic rings. The lowest BCUT2D eigenvalue weighted by molar-refractivity contribution is 0.590. The van der Waals surface area contributed by atoms with Crippen LogP contribution in [0.5, 0.6) is 0 Å². The van der Waals surface area contributed by atoms with Gasteiger partial charge < -0.3 is 4.57 Å². The van der Waals surface area contributed by atoms with Crippen LogP contribution in [0, 0.1) is 17.2 Å². The van der Waals surface area contributed by atoms with Gasteiger partial charge in [0.1, 0.15) is 6.07 Å². The zero-order valence-electron chi connectivity index (χ0n) is 13.4. The van der Waals surface area contributed by atoms with Crippen LogP contribution in [-0.2, 0) is 18.9 Å². The van der Waals surface area contributed by atoms with Crippen LogP contribution < -0.4 is 0 Å². The van der Waals surface area contributed by atoms with Gasteiger partial charge in [0.15, 0.2) is 0 Å². The molecular weight excluding hydrogens is 244 g/mol. The number of aromatic nitrogens is 1. The molecule has 0 spiro atoms. The molecule has 0 aliphatic heterocycles. The second-order valence-corrected chi connectivity index (χ2v) is 7.14. The van der Waals surface area contributed by atoms with E-state index >= 15 is 0 Å². The average molecular weight is 268 g/mol. The molecule has 2 nitrogen and oxygen atoms in total. The second kappa shape index (κ2) is 4.98. The molecule has 0 saturated heterocycles. The highest BCUT2D eigenvalue weighted by molar-refractivity contribution is 5.89. The first-order chi connectivity index (χ1) is 9.24. The number of aryl methyl sites for hydroxylation is 1. The molecule has 0 fully saturated rings. The predicted octanol–water partition coefficient (Wildman–Crippen LogP) is 4.55. The third kappa shape index (κ3) is 2.58. The summed E-state index contributed by atoms with van der Waals surface area (Å²) in [6.07, 6.45) is 3.23. The lowest BCUT2D eigenvalue weighted by Gasteiger charge is -2.20. The van der Waals surface area contributed by atoms with E-state index < -0.39 is 0 Å². The van der Waals surface area contributed by atoms with Gasteiger partial charge in [0.25, 0.3) is 0 Å². The Balaban J connectivity index is 2.78. The molecule has 1 aromatic heterocycles. The topological polar surface area (TPSA) is 28.7 Å². The van der Waals surface area contributed by atoms with E-state index in [1.165, 1.54) is 16.5 Å². The first-order valence-corrected chi connectivity index (χ1v) is 7.26. The van der Waals surface area contributed by atoms with Crippen LogP contribution in [0.15, 0.2) is 18.3 Å². The van der Waals surface area contributed by atoms with Crippen molar-refractivity contribution in [3.63, 3.8) is 0 Å². The fraction of sp³-hybridized carbons (Fsp3) is 0.500. The van der Waals surface area contributed by atoms with Crippen LogP contribution in [0.3, 0.4) is 0 Å². The summed E-state index contributed by atoms with van der Waals surface area (Å²) in [6.45, 7) is 11.1. The van der Waals surface area contributed by atoms with Crippen LogP contribution in [0.1, 0.15) is 51.3 Å². The summed E-state index contributed by atoms with van der Waals surface area (Å²) < 4.78 is 2.10. The summed E-state index contributed by atoms with van der Waals surface area (Å²) in [5, 5.41) is 10.7. The third-order valence-electron chi connectivity index (χ3n) is 3.77. The summed E-state index contributed by atoms with van der Waals surface area (Å²) in [7, 11) is 2.03. The zero-order chi connectivity index (χ0) is 15.1. The van der Waals surface area contributed by atoms with Gasteiger partial charge in [0, 0.05) is 18.6 Å². The van der Waals surface area contributed by atoms with E-state index in [9.17, 15) is 5.26 Å². The SMILES string of the molecule is CC(C)Cc1cn(C)c2c(C#N)cc(C(C)(C)C)cc12. The van der Waals surface area contributed by atoms with E-state index in [4.69, 9.17) is 0 Å². The van der Waals surface area contributed by atoms with Gasteiger partial charge in [-0.1, -0.05) is 34.6 Å². The number of rotatable bonds is 2. The Hall–Kier alpha value is -1.75. The Morgan fingerprint density at radius 2 is 1.90 bits per heavy atom. The number of hydrogen-bond donors (Lipinski definition) is 0. The molecule has 0 amide bonds. The smallest absolute Gasteiger partial charge is 0.101 e. The Labute approximate surface area is 122 Å². The van der Waals surface area contributed by atoms with Gasteiger partial charge >= 0.3 is 0 Å². The highest BCUT2D eigenvalue weighted by Crippen LogP contribution is 2.32. The van der Waals surface area contributed by atoms with E-state index in [0.29, 0.717) is 5.92 Å². The summed E-state index contributed by atoms with van der Waals surface area (Å²) in [6, 6.07) is 6.68. The molecule has 2 aromatic rings. The lowest BCUT2D eigenvalue weighted by atomic mass is 9.84. The van der Waals surface area contributed by atoms with Crippen LogP contribution in [0.4, 0.5) is 0 Å². The maximum absolute atomic E-state index is 9.48. The molecule has 2 rings (SSSR count). The standard InChI is InChI=1S/C18H24N2/c1-12(2)7-14-11-20(6)17-13(10-19)8-15(9-16(14)17)18(3,4)5/h8-9,11-12H,7H2,1-6H3. The molecule has 0 aliphatic carbocycles. The van der Waals surface area contributed by atoms with Gasteiger partial charge in [-0.25, -0.2) is 0 Å². The quantitative estimate of drug-likeness (QED) is 0.785. The molecule has 106 valence electrons. The largest absolute Gasteiger partial charge is 0.349 e. The van der Waals surface area contributed by atoms with Crippen molar-refractivity contribution in [2.24, 2.45) is 13.0 Å². The molecule has 20 heavy (non-hydrogen) atoms. The van der Waals surface area contributed by atoms with Crippen molar-refractivity contribution in [3.8, 4) is 6.07 Å². The first kappa shape index (κ1) is 14.7. The van der Waals surface area contributed by atoms with Gasteiger partial charge in [-0.05, 0) is 41.0 Å².